The maximum atomic E-state index is 12.4. The molecule has 0 radical (unpaired) electrons. The summed E-state index contributed by atoms with van der Waals surface area (Å²) in [7, 11) is 0. The first-order valence-corrected chi connectivity index (χ1v) is 7.93. The largest absolute Gasteiger partial charge is 0.362 e. The number of thiazole rings is 1. The Balaban J connectivity index is 2.01. The number of aromatic nitrogens is 3. The lowest BCUT2D eigenvalue weighted by Gasteiger charge is -2.17. The standard InChI is InChI=1S/C14H21N5OS/c1-4-11(8-19-7-6-15-9-19)18-13(20)12-10(3)17-14(21-12)16-5-2/h6-7,9,11H,4-5,8H2,1-3H3,(H,16,17)(H,18,20)/t11-/m0/s1. The van der Waals surface area contributed by atoms with Gasteiger partial charge in [-0.25, -0.2) is 9.97 Å². The minimum atomic E-state index is -0.0545. The molecular formula is C14H21N5OS. The zero-order valence-corrected chi connectivity index (χ0v) is 13.4. The van der Waals surface area contributed by atoms with Gasteiger partial charge in [-0.15, -0.1) is 0 Å². The maximum absolute atomic E-state index is 12.4. The number of hydrogen-bond acceptors (Lipinski definition) is 5. The Morgan fingerprint density at radius 2 is 2.29 bits per heavy atom. The topological polar surface area (TPSA) is 71.8 Å². The molecule has 0 aliphatic heterocycles. The minimum absolute atomic E-state index is 0.0545. The summed E-state index contributed by atoms with van der Waals surface area (Å²) in [6, 6.07) is 0.0794. The van der Waals surface area contributed by atoms with Crippen LogP contribution in [0.3, 0.4) is 0 Å². The van der Waals surface area contributed by atoms with Crippen LogP contribution in [0.15, 0.2) is 18.7 Å². The van der Waals surface area contributed by atoms with Crippen LogP contribution in [0, 0.1) is 6.92 Å². The Morgan fingerprint density at radius 1 is 1.48 bits per heavy atom. The average molecular weight is 307 g/mol. The zero-order chi connectivity index (χ0) is 15.2. The quantitative estimate of drug-likeness (QED) is 0.823. The molecule has 0 unspecified atom stereocenters. The van der Waals surface area contributed by atoms with Crippen LogP contribution in [0.5, 0.6) is 0 Å². The SMILES string of the molecule is CCNc1nc(C)c(C(=O)N[C@@H](CC)Cn2ccnc2)s1. The van der Waals surface area contributed by atoms with E-state index in [0.717, 1.165) is 30.3 Å². The molecule has 7 heteroatoms. The Bertz CT molecular complexity index is 578. The fourth-order valence-electron chi connectivity index (χ4n) is 2.01. The maximum Gasteiger partial charge on any atom is 0.263 e. The average Bonchev–Trinajstić information content (AvgIpc) is 3.08. The molecule has 0 saturated carbocycles. The lowest BCUT2D eigenvalue weighted by Crippen LogP contribution is -2.37. The number of nitrogens with one attached hydrogen (secondary N) is 2. The molecule has 0 aromatic carbocycles. The zero-order valence-electron chi connectivity index (χ0n) is 12.6. The highest BCUT2D eigenvalue weighted by Gasteiger charge is 2.18. The molecule has 0 fully saturated rings. The second-order valence-electron chi connectivity index (χ2n) is 4.80. The first-order chi connectivity index (χ1) is 10.1. The Hall–Kier alpha value is -1.89. The van der Waals surface area contributed by atoms with Crippen LogP contribution in [-0.4, -0.2) is 33.0 Å². The smallest absolute Gasteiger partial charge is 0.263 e. The van der Waals surface area contributed by atoms with Crippen LogP contribution in [-0.2, 0) is 6.54 Å². The van der Waals surface area contributed by atoms with Gasteiger partial charge in [0, 0.05) is 31.5 Å². The summed E-state index contributed by atoms with van der Waals surface area (Å²) in [5, 5.41) is 7.01. The lowest BCUT2D eigenvalue weighted by molar-refractivity contribution is 0.0935. The van der Waals surface area contributed by atoms with Crippen molar-refractivity contribution in [2.75, 3.05) is 11.9 Å². The number of nitrogens with zero attached hydrogens (tertiary/aromatic N) is 3. The predicted molar refractivity (Wildman–Crippen MR) is 84.8 cm³/mol. The fraction of sp³-hybridized carbons (Fsp3) is 0.500. The van der Waals surface area contributed by atoms with Crippen molar-refractivity contribution < 1.29 is 4.79 Å². The lowest BCUT2D eigenvalue weighted by atomic mass is 10.2. The van der Waals surface area contributed by atoms with Gasteiger partial charge in [0.05, 0.1) is 12.0 Å². The molecule has 0 saturated heterocycles. The number of imidazole rings is 1. The van der Waals surface area contributed by atoms with Crippen LogP contribution in [0.1, 0.15) is 35.6 Å². The van der Waals surface area contributed by atoms with E-state index in [0.29, 0.717) is 4.88 Å². The first kappa shape index (κ1) is 15.5. The van der Waals surface area contributed by atoms with Gasteiger partial charge in [0.25, 0.3) is 5.91 Å². The van der Waals surface area contributed by atoms with E-state index in [9.17, 15) is 4.79 Å². The van der Waals surface area contributed by atoms with Crippen LogP contribution >= 0.6 is 11.3 Å². The van der Waals surface area contributed by atoms with E-state index in [1.807, 2.05) is 24.6 Å². The van der Waals surface area contributed by atoms with Gasteiger partial charge in [-0.2, -0.15) is 0 Å². The fourth-order valence-corrected chi connectivity index (χ4v) is 2.95. The van der Waals surface area contributed by atoms with Crippen LogP contribution < -0.4 is 10.6 Å². The molecular weight excluding hydrogens is 286 g/mol. The summed E-state index contributed by atoms with van der Waals surface area (Å²) >= 11 is 1.40. The third kappa shape index (κ3) is 4.04. The van der Waals surface area contributed by atoms with Crippen LogP contribution in [0.25, 0.3) is 0 Å². The van der Waals surface area contributed by atoms with E-state index < -0.39 is 0 Å². The molecule has 2 heterocycles. The highest BCUT2D eigenvalue weighted by molar-refractivity contribution is 7.17. The second kappa shape index (κ2) is 7.21. The van der Waals surface area contributed by atoms with E-state index in [2.05, 4.69) is 27.5 Å². The summed E-state index contributed by atoms with van der Waals surface area (Å²) in [6.45, 7) is 7.45. The van der Waals surface area contributed by atoms with Gasteiger partial charge < -0.3 is 15.2 Å². The number of aryl methyl sites for hydroxylation is 1. The highest BCUT2D eigenvalue weighted by Crippen LogP contribution is 2.22. The molecule has 0 spiro atoms. The second-order valence-corrected chi connectivity index (χ2v) is 5.80. The number of anilines is 1. The number of hydrogen-bond donors (Lipinski definition) is 2. The minimum Gasteiger partial charge on any atom is -0.362 e. The van der Waals surface area contributed by atoms with Crippen molar-refractivity contribution in [3.8, 4) is 0 Å². The van der Waals surface area contributed by atoms with Gasteiger partial charge in [-0.05, 0) is 20.3 Å². The van der Waals surface area contributed by atoms with Crippen molar-refractivity contribution in [2.45, 2.75) is 39.8 Å². The van der Waals surface area contributed by atoms with E-state index in [-0.39, 0.29) is 11.9 Å². The predicted octanol–water partition coefficient (Wildman–Crippen LogP) is 2.29. The number of carbonyl (C=O) groups excluding carboxylic acids is 1. The van der Waals surface area contributed by atoms with E-state index in [1.165, 1.54) is 11.3 Å². The van der Waals surface area contributed by atoms with E-state index in [1.54, 1.807) is 12.5 Å². The molecule has 21 heavy (non-hydrogen) atoms. The summed E-state index contributed by atoms with van der Waals surface area (Å²) in [4.78, 5) is 21.4. The van der Waals surface area contributed by atoms with E-state index in [4.69, 9.17) is 0 Å². The van der Waals surface area contributed by atoms with Crippen molar-refractivity contribution in [1.29, 1.82) is 0 Å². The van der Waals surface area contributed by atoms with Crippen molar-refractivity contribution in [3.63, 3.8) is 0 Å². The van der Waals surface area contributed by atoms with Crippen molar-refractivity contribution in [1.82, 2.24) is 19.9 Å². The van der Waals surface area contributed by atoms with Crippen LogP contribution in [0.4, 0.5) is 5.13 Å². The Morgan fingerprint density at radius 3 is 2.90 bits per heavy atom. The van der Waals surface area contributed by atoms with Gasteiger partial charge >= 0.3 is 0 Å². The molecule has 0 aliphatic rings. The summed E-state index contributed by atoms with van der Waals surface area (Å²) in [5.74, 6) is -0.0545. The molecule has 2 N–H and O–H groups in total. The molecule has 2 rings (SSSR count). The van der Waals surface area contributed by atoms with Crippen molar-refractivity contribution in [2.24, 2.45) is 0 Å². The van der Waals surface area contributed by atoms with Gasteiger partial charge in [0.15, 0.2) is 5.13 Å². The highest BCUT2D eigenvalue weighted by atomic mass is 32.1. The van der Waals surface area contributed by atoms with Crippen LogP contribution in [0.2, 0.25) is 0 Å². The molecule has 2 aromatic rings. The Kier molecular flexibility index (Phi) is 5.32. The number of amides is 1. The molecule has 114 valence electrons. The van der Waals surface area contributed by atoms with Gasteiger partial charge in [0.1, 0.15) is 4.88 Å². The normalized spacial score (nSPS) is 12.1. The summed E-state index contributed by atoms with van der Waals surface area (Å²) in [6.07, 6.45) is 6.26. The van der Waals surface area contributed by atoms with Crippen molar-refractivity contribution in [3.05, 3.63) is 29.3 Å². The molecule has 6 nitrogen and oxygen atoms in total. The number of carbonyl (C=O) groups is 1. The van der Waals surface area contributed by atoms with E-state index >= 15 is 0 Å². The molecule has 0 bridgehead atoms. The molecule has 2 aromatic heterocycles. The summed E-state index contributed by atoms with van der Waals surface area (Å²) < 4.78 is 1.97. The Labute approximate surface area is 128 Å². The molecule has 0 aliphatic carbocycles. The molecule has 1 atom stereocenters. The summed E-state index contributed by atoms with van der Waals surface area (Å²) in [5.41, 5.74) is 0.769. The third-order valence-corrected chi connectivity index (χ3v) is 4.26. The third-order valence-electron chi connectivity index (χ3n) is 3.15. The van der Waals surface area contributed by atoms with Gasteiger partial charge in [0.2, 0.25) is 0 Å². The molecule has 1 amide bonds. The van der Waals surface area contributed by atoms with Crippen molar-refractivity contribution >= 4 is 22.4 Å². The van der Waals surface area contributed by atoms with Gasteiger partial charge in [-0.3, -0.25) is 4.79 Å². The number of rotatable bonds is 7. The first-order valence-electron chi connectivity index (χ1n) is 7.11. The van der Waals surface area contributed by atoms with Gasteiger partial charge in [-0.1, -0.05) is 18.3 Å². The monoisotopic (exact) mass is 307 g/mol.